The molecule has 122 valence electrons. The highest BCUT2D eigenvalue weighted by Crippen LogP contribution is 2.22. The van der Waals surface area contributed by atoms with Crippen molar-refractivity contribution in [1.29, 1.82) is 0 Å². The SMILES string of the molecule is CC(C)(C)[S+]([O-])N=Cc1cnn(C2CCN(C(=O)O)CC2)c1. The van der Waals surface area contributed by atoms with Crippen LogP contribution in [0, 0.1) is 0 Å². The van der Waals surface area contributed by atoms with Gasteiger partial charge in [0.05, 0.1) is 18.5 Å². The molecule has 1 aromatic rings. The molecule has 2 rings (SSSR count). The number of aromatic nitrogens is 2. The Bertz CT molecular complexity index is 545. The smallest absolute Gasteiger partial charge is 0.407 e. The van der Waals surface area contributed by atoms with E-state index in [0.717, 1.165) is 18.4 Å². The third kappa shape index (κ3) is 4.23. The van der Waals surface area contributed by atoms with Gasteiger partial charge in [-0.3, -0.25) is 4.68 Å². The summed E-state index contributed by atoms with van der Waals surface area (Å²) in [4.78, 5) is 12.3. The number of amides is 1. The maximum atomic E-state index is 11.9. The number of likely N-dealkylation sites (tertiary alicyclic amines) is 1. The van der Waals surface area contributed by atoms with Gasteiger partial charge in [0.15, 0.2) is 0 Å². The van der Waals surface area contributed by atoms with Crippen LogP contribution in [0.3, 0.4) is 0 Å². The van der Waals surface area contributed by atoms with Gasteiger partial charge in [0.2, 0.25) is 0 Å². The fraction of sp³-hybridized carbons (Fsp3) is 0.643. The van der Waals surface area contributed by atoms with Crippen molar-refractivity contribution in [3.63, 3.8) is 0 Å². The molecule has 1 aliphatic rings. The lowest BCUT2D eigenvalue weighted by molar-refractivity contribution is 0.124. The second-order valence-corrected chi connectivity index (χ2v) is 8.28. The van der Waals surface area contributed by atoms with Crippen LogP contribution in [0.2, 0.25) is 0 Å². The summed E-state index contributed by atoms with van der Waals surface area (Å²) in [6.45, 7) is 6.68. The number of carboxylic acid groups (broad SMARTS) is 1. The van der Waals surface area contributed by atoms with E-state index in [4.69, 9.17) is 5.11 Å². The molecule has 7 nitrogen and oxygen atoms in total. The van der Waals surface area contributed by atoms with Gasteiger partial charge in [-0.15, -0.1) is 0 Å². The van der Waals surface area contributed by atoms with E-state index in [1.807, 2.05) is 31.6 Å². The van der Waals surface area contributed by atoms with Crippen LogP contribution in [0.5, 0.6) is 0 Å². The molecule has 1 saturated heterocycles. The second-order valence-electron chi connectivity index (χ2n) is 6.35. The van der Waals surface area contributed by atoms with Crippen molar-refractivity contribution in [1.82, 2.24) is 14.7 Å². The molecular weight excluding hydrogens is 304 g/mol. The minimum atomic E-state index is -1.28. The van der Waals surface area contributed by atoms with Crippen molar-refractivity contribution in [2.75, 3.05) is 13.1 Å². The lowest BCUT2D eigenvalue weighted by atomic mass is 10.1. The summed E-state index contributed by atoms with van der Waals surface area (Å²) < 4.78 is 17.4. The molecule has 1 atom stereocenters. The van der Waals surface area contributed by atoms with Gasteiger partial charge in [-0.05, 0) is 33.6 Å². The highest BCUT2D eigenvalue weighted by Gasteiger charge is 2.26. The molecule has 1 aliphatic heterocycles. The standard InChI is InChI=1S/C14H22N4O3S/c1-14(2,3)22(21)16-9-11-8-15-18(10-11)12-4-6-17(7-5-12)13(19)20/h8-10,12H,4-7H2,1-3H3,(H,19,20). The van der Waals surface area contributed by atoms with E-state index in [2.05, 4.69) is 9.50 Å². The molecule has 0 bridgehead atoms. The minimum absolute atomic E-state index is 0.200. The Morgan fingerprint density at radius 1 is 1.50 bits per heavy atom. The number of nitrogens with zero attached hydrogens (tertiary/aromatic N) is 4. The monoisotopic (exact) mass is 326 g/mol. The van der Waals surface area contributed by atoms with Crippen LogP contribution < -0.4 is 0 Å². The molecule has 0 saturated carbocycles. The van der Waals surface area contributed by atoms with Crippen molar-refractivity contribution in [3.8, 4) is 0 Å². The van der Waals surface area contributed by atoms with Gasteiger partial charge in [0.25, 0.3) is 0 Å². The van der Waals surface area contributed by atoms with E-state index >= 15 is 0 Å². The molecular formula is C14H22N4O3S. The molecule has 1 unspecified atom stereocenters. The van der Waals surface area contributed by atoms with Crippen molar-refractivity contribution in [3.05, 3.63) is 18.0 Å². The molecule has 0 radical (unpaired) electrons. The van der Waals surface area contributed by atoms with Gasteiger partial charge in [-0.2, -0.15) is 5.10 Å². The van der Waals surface area contributed by atoms with Gasteiger partial charge in [-0.25, -0.2) is 4.79 Å². The fourth-order valence-corrected chi connectivity index (χ4v) is 2.74. The lowest BCUT2D eigenvalue weighted by Crippen LogP contribution is -2.38. The van der Waals surface area contributed by atoms with Crippen LogP contribution in [0.15, 0.2) is 16.8 Å². The summed E-state index contributed by atoms with van der Waals surface area (Å²) in [7, 11) is 0. The van der Waals surface area contributed by atoms with E-state index in [1.54, 1.807) is 12.4 Å². The van der Waals surface area contributed by atoms with E-state index in [-0.39, 0.29) is 10.8 Å². The van der Waals surface area contributed by atoms with Crippen LogP contribution in [0.4, 0.5) is 4.79 Å². The Morgan fingerprint density at radius 3 is 2.68 bits per heavy atom. The predicted molar refractivity (Wildman–Crippen MR) is 85.6 cm³/mol. The van der Waals surface area contributed by atoms with Gasteiger partial charge < -0.3 is 14.6 Å². The molecule has 2 heterocycles. The zero-order valence-electron chi connectivity index (χ0n) is 13.1. The highest BCUT2D eigenvalue weighted by atomic mass is 32.2. The Balaban J connectivity index is 1.95. The van der Waals surface area contributed by atoms with Crippen molar-refractivity contribution >= 4 is 23.7 Å². The molecule has 22 heavy (non-hydrogen) atoms. The first-order chi connectivity index (χ1) is 10.3. The third-order valence-corrected chi connectivity index (χ3v) is 4.90. The molecule has 1 N–H and O–H groups in total. The topological polar surface area (TPSA) is 93.8 Å². The maximum absolute atomic E-state index is 11.9. The predicted octanol–water partition coefficient (Wildman–Crippen LogP) is 2.08. The van der Waals surface area contributed by atoms with Crippen LogP contribution in [-0.4, -0.2) is 54.5 Å². The van der Waals surface area contributed by atoms with Gasteiger partial charge in [0.1, 0.15) is 16.1 Å². The fourth-order valence-electron chi connectivity index (χ4n) is 2.21. The van der Waals surface area contributed by atoms with Gasteiger partial charge in [-0.1, -0.05) is 4.40 Å². The zero-order valence-corrected chi connectivity index (χ0v) is 13.9. The van der Waals surface area contributed by atoms with E-state index in [9.17, 15) is 9.35 Å². The van der Waals surface area contributed by atoms with Gasteiger partial charge >= 0.3 is 6.09 Å². The first-order valence-electron chi connectivity index (χ1n) is 7.25. The van der Waals surface area contributed by atoms with Crippen LogP contribution in [-0.2, 0) is 11.4 Å². The Labute approximate surface area is 133 Å². The summed E-state index contributed by atoms with van der Waals surface area (Å²) in [6.07, 6.45) is 5.77. The second kappa shape index (κ2) is 6.70. The Hall–Kier alpha value is -1.54. The first-order valence-corrected chi connectivity index (χ1v) is 8.36. The number of piperidine rings is 1. The quantitative estimate of drug-likeness (QED) is 0.679. The summed E-state index contributed by atoms with van der Waals surface area (Å²) >= 11 is -1.28. The van der Waals surface area contributed by atoms with Crippen LogP contribution in [0.1, 0.15) is 45.2 Å². The number of rotatable bonds is 3. The summed E-state index contributed by atoms with van der Waals surface area (Å²) in [6, 6.07) is 0.200. The lowest BCUT2D eigenvalue weighted by Gasteiger charge is -2.29. The normalized spacial score (nSPS) is 18.8. The molecule has 1 fully saturated rings. The first kappa shape index (κ1) is 16.8. The maximum Gasteiger partial charge on any atom is 0.407 e. The molecule has 8 heteroatoms. The average molecular weight is 326 g/mol. The van der Waals surface area contributed by atoms with Crippen molar-refractivity contribution in [2.45, 2.75) is 44.4 Å². The highest BCUT2D eigenvalue weighted by molar-refractivity contribution is 7.91. The van der Waals surface area contributed by atoms with Gasteiger partial charge in [0, 0.05) is 24.8 Å². The van der Waals surface area contributed by atoms with Crippen molar-refractivity contribution in [2.24, 2.45) is 4.40 Å². The zero-order chi connectivity index (χ0) is 16.3. The van der Waals surface area contributed by atoms with E-state index in [1.165, 1.54) is 4.90 Å². The van der Waals surface area contributed by atoms with Crippen LogP contribution in [0.25, 0.3) is 0 Å². The average Bonchev–Trinajstić information content (AvgIpc) is 2.92. The Morgan fingerprint density at radius 2 is 2.14 bits per heavy atom. The minimum Gasteiger partial charge on any atom is -0.591 e. The third-order valence-electron chi connectivity index (χ3n) is 3.55. The summed E-state index contributed by atoms with van der Waals surface area (Å²) in [5.74, 6) is 0. The largest absolute Gasteiger partial charge is 0.591 e. The van der Waals surface area contributed by atoms with Crippen LogP contribution >= 0.6 is 0 Å². The van der Waals surface area contributed by atoms with E-state index in [0.29, 0.717) is 13.1 Å². The molecule has 0 aromatic carbocycles. The number of hydrogen-bond acceptors (Lipinski definition) is 4. The number of hydrogen-bond donors (Lipinski definition) is 1. The number of carbonyl (C=O) groups is 1. The summed E-state index contributed by atoms with van der Waals surface area (Å²) in [5.41, 5.74) is 0.804. The molecule has 0 spiro atoms. The Kier molecular flexibility index (Phi) is 5.12. The molecule has 1 amide bonds. The van der Waals surface area contributed by atoms with E-state index < -0.39 is 17.5 Å². The molecule has 1 aromatic heterocycles. The molecule has 0 aliphatic carbocycles. The van der Waals surface area contributed by atoms with Crippen molar-refractivity contribution < 1.29 is 14.5 Å². The summed E-state index contributed by atoms with van der Waals surface area (Å²) in [5, 5.41) is 13.3.